The summed E-state index contributed by atoms with van der Waals surface area (Å²) in [7, 11) is 3.71. The van der Waals surface area contributed by atoms with Gasteiger partial charge in [0.1, 0.15) is 0 Å². The quantitative estimate of drug-likeness (QED) is 0.288. The first kappa shape index (κ1) is 22.1. The molecule has 1 aromatic carbocycles. The normalized spacial score (nSPS) is 11.5. The molecule has 0 bridgehead atoms. The molecule has 0 aliphatic heterocycles. The number of anilines is 1. The Bertz CT molecular complexity index is 1700. The third-order valence-corrected chi connectivity index (χ3v) is 6.85. The number of nitrogens with one attached hydrogen (secondary N) is 3. The number of benzene rings is 1. The molecule has 3 N–H and O–H groups in total. The van der Waals surface area contributed by atoms with Gasteiger partial charge in [0.15, 0.2) is 5.65 Å². The first-order valence-corrected chi connectivity index (χ1v) is 12.3. The van der Waals surface area contributed by atoms with Gasteiger partial charge < -0.3 is 15.2 Å². The molecular weight excluding hydrogens is 470 g/mol. The molecule has 0 saturated heterocycles. The average Bonchev–Trinajstić information content (AvgIpc) is 3.62. The fourth-order valence-electron chi connectivity index (χ4n) is 4.35. The number of likely N-dealkylation sites (N-methyl/N-ethyl adjacent to an activating group) is 1. The maximum absolute atomic E-state index is 12.2. The number of fused-ring (bicyclic) bond motifs is 2. The molecule has 0 radical (unpaired) electrons. The second-order valence-electron chi connectivity index (χ2n) is 8.87. The van der Waals surface area contributed by atoms with Crippen molar-refractivity contribution >= 4 is 44.9 Å². The molecule has 0 atom stereocenters. The van der Waals surface area contributed by atoms with Gasteiger partial charge in [0.05, 0.1) is 29.8 Å². The van der Waals surface area contributed by atoms with Crippen molar-refractivity contribution in [3.8, 4) is 33.0 Å². The van der Waals surface area contributed by atoms with Crippen LogP contribution >= 0.6 is 11.3 Å². The van der Waals surface area contributed by atoms with E-state index >= 15 is 0 Å². The maximum atomic E-state index is 12.2. The summed E-state index contributed by atoms with van der Waals surface area (Å²) in [6, 6.07) is 16.6. The van der Waals surface area contributed by atoms with E-state index in [0.717, 1.165) is 38.8 Å². The predicted octanol–water partition coefficient (Wildman–Crippen LogP) is 5.40. The zero-order valence-electron chi connectivity index (χ0n) is 19.7. The van der Waals surface area contributed by atoms with Crippen molar-refractivity contribution < 1.29 is 4.79 Å². The lowest BCUT2D eigenvalue weighted by Crippen LogP contribution is -2.27. The molecule has 0 aliphatic rings. The number of rotatable bonds is 6. The number of carbonyl (C=O) groups is 1. The highest BCUT2D eigenvalue weighted by atomic mass is 32.1. The first-order valence-electron chi connectivity index (χ1n) is 11.5. The van der Waals surface area contributed by atoms with Crippen molar-refractivity contribution in [2.24, 2.45) is 0 Å². The fourth-order valence-corrected chi connectivity index (χ4v) is 5.12. The highest BCUT2D eigenvalue weighted by molar-refractivity contribution is 7.13. The number of aromatic amines is 2. The number of pyridine rings is 2. The number of hydrogen-bond donors (Lipinski definition) is 3. The molecule has 6 rings (SSSR count). The molecule has 5 aromatic heterocycles. The van der Waals surface area contributed by atoms with E-state index in [1.807, 2.05) is 25.1 Å². The summed E-state index contributed by atoms with van der Waals surface area (Å²) >= 11 is 1.73. The summed E-state index contributed by atoms with van der Waals surface area (Å²) in [5, 5.41) is 14.6. The van der Waals surface area contributed by atoms with E-state index in [1.54, 1.807) is 29.9 Å². The van der Waals surface area contributed by atoms with Crippen molar-refractivity contribution in [1.29, 1.82) is 0 Å². The first-order chi connectivity index (χ1) is 17.5. The minimum atomic E-state index is -0.0922. The van der Waals surface area contributed by atoms with Crippen LogP contribution < -0.4 is 5.32 Å². The minimum absolute atomic E-state index is 0.0922. The number of hydrogen-bond acceptors (Lipinski definition) is 6. The van der Waals surface area contributed by atoms with Crippen molar-refractivity contribution in [2.45, 2.75) is 0 Å². The largest absolute Gasteiger partial charge is 0.353 e. The second-order valence-corrected chi connectivity index (χ2v) is 9.82. The van der Waals surface area contributed by atoms with Crippen LogP contribution in [-0.4, -0.2) is 56.6 Å². The number of nitrogens with zero attached hydrogens (tertiary/aromatic N) is 4. The summed E-state index contributed by atoms with van der Waals surface area (Å²) in [4.78, 5) is 27.7. The predicted molar refractivity (Wildman–Crippen MR) is 145 cm³/mol. The molecule has 0 fully saturated rings. The van der Waals surface area contributed by atoms with Gasteiger partial charge in [-0.05, 0) is 49.8 Å². The van der Waals surface area contributed by atoms with Crippen molar-refractivity contribution in [2.75, 3.05) is 26.0 Å². The maximum Gasteiger partial charge on any atom is 0.238 e. The number of amides is 1. The molecule has 9 heteroatoms. The smallest absolute Gasteiger partial charge is 0.238 e. The lowest BCUT2D eigenvalue weighted by molar-refractivity contribution is -0.116. The Kier molecular flexibility index (Phi) is 5.55. The summed E-state index contributed by atoms with van der Waals surface area (Å²) in [6.45, 7) is 0.300. The average molecular weight is 494 g/mol. The fraction of sp³-hybridized carbons (Fsp3) is 0.111. The van der Waals surface area contributed by atoms with Crippen LogP contribution in [0.3, 0.4) is 0 Å². The Morgan fingerprint density at radius 3 is 2.75 bits per heavy atom. The molecule has 36 heavy (non-hydrogen) atoms. The van der Waals surface area contributed by atoms with Crippen LogP contribution in [0.15, 0.2) is 72.5 Å². The Morgan fingerprint density at radius 1 is 1.03 bits per heavy atom. The lowest BCUT2D eigenvalue weighted by atomic mass is 10.1. The zero-order chi connectivity index (χ0) is 24.6. The molecule has 0 unspecified atom stereocenters. The van der Waals surface area contributed by atoms with E-state index in [1.165, 1.54) is 10.4 Å². The van der Waals surface area contributed by atoms with Crippen LogP contribution in [0.4, 0.5) is 5.69 Å². The molecule has 178 valence electrons. The van der Waals surface area contributed by atoms with Crippen LogP contribution in [0.5, 0.6) is 0 Å². The van der Waals surface area contributed by atoms with E-state index < -0.39 is 0 Å². The molecule has 0 aliphatic carbocycles. The van der Waals surface area contributed by atoms with Gasteiger partial charge in [-0.25, -0.2) is 4.98 Å². The summed E-state index contributed by atoms with van der Waals surface area (Å²) < 4.78 is 0. The molecule has 8 nitrogen and oxygen atoms in total. The number of aromatic nitrogens is 5. The SMILES string of the molecule is CN(C)CC(=O)Nc1cncc(-c2cnc3n[nH]c(-c4cc5c(-c6cccs6)cccc5[nH]4)c3c2)c1. The van der Waals surface area contributed by atoms with Gasteiger partial charge in [-0.1, -0.05) is 18.2 Å². The monoisotopic (exact) mass is 493 g/mol. The van der Waals surface area contributed by atoms with E-state index in [-0.39, 0.29) is 5.91 Å². The summed E-state index contributed by atoms with van der Waals surface area (Å²) in [5.74, 6) is -0.0922. The van der Waals surface area contributed by atoms with Crippen molar-refractivity contribution in [3.05, 3.63) is 72.5 Å². The van der Waals surface area contributed by atoms with Gasteiger partial charge in [-0.3, -0.25) is 14.9 Å². The molecular formula is C27H23N7OS. The van der Waals surface area contributed by atoms with Crippen LogP contribution in [0.2, 0.25) is 0 Å². The zero-order valence-corrected chi connectivity index (χ0v) is 20.6. The van der Waals surface area contributed by atoms with Gasteiger partial charge in [0.2, 0.25) is 5.91 Å². The van der Waals surface area contributed by atoms with Gasteiger partial charge in [-0.2, -0.15) is 5.10 Å². The van der Waals surface area contributed by atoms with E-state index in [2.05, 4.69) is 78.3 Å². The van der Waals surface area contributed by atoms with Crippen LogP contribution in [0.1, 0.15) is 0 Å². The third-order valence-electron chi connectivity index (χ3n) is 5.94. The van der Waals surface area contributed by atoms with Crippen LogP contribution in [-0.2, 0) is 4.79 Å². The molecule has 0 saturated carbocycles. The molecule has 1 amide bonds. The van der Waals surface area contributed by atoms with Gasteiger partial charge >= 0.3 is 0 Å². The second kappa shape index (κ2) is 9.03. The van der Waals surface area contributed by atoms with Crippen molar-refractivity contribution in [1.82, 2.24) is 30.0 Å². The highest BCUT2D eigenvalue weighted by Gasteiger charge is 2.15. The van der Waals surface area contributed by atoms with Gasteiger partial charge in [0, 0.05) is 50.3 Å². The molecule has 0 spiro atoms. The number of H-pyrrole nitrogens is 2. The van der Waals surface area contributed by atoms with Crippen LogP contribution in [0, 0.1) is 0 Å². The summed E-state index contributed by atoms with van der Waals surface area (Å²) in [6.07, 6.45) is 5.18. The number of thiophene rings is 1. The Balaban J connectivity index is 1.38. The highest BCUT2D eigenvalue weighted by Crippen LogP contribution is 2.36. The minimum Gasteiger partial charge on any atom is -0.353 e. The van der Waals surface area contributed by atoms with Crippen LogP contribution in [0.25, 0.3) is 54.9 Å². The third kappa shape index (κ3) is 4.15. The molecule has 5 heterocycles. The van der Waals surface area contributed by atoms with E-state index in [9.17, 15) is 4.79 Å². The summed E-state index contributed by atoms with van der Waals surface area (Å²) in [5.41, 5.74) is 7.10. The topological polar surface area (TPSA) is 103 Å². The standard InChI is InChI=1S/C27H23N7OS/c1-34(2)15-25(35)30-18-9-16(12-28-14-18)17-10-21-26(32-33-27(21)29-13-17)23-11-20-19(24-7-4-8-36-24)5-3-6-22(20)31-23/h3-14,31H,15H2,1-2H3,(H,30,35)(H,29,32,33). The number of carbonyl (C=O) groups excluding carboxylic acids is 1. The Labute approximate surface area is 211 Å². The lowest BCUT2D eigenvalue weighted by Gasteiger charge is -2.10. The van der Waals surface area contributed by atoms with E-state index in [4.69, 9.17) is 0 Å². The van der Waals surface area contributed by atoms with E-state index in [0.29, 0.717) is 17.9 Å². The molecule has 6 aromatic rings. The van der Waals surface area contributed by atoms with Gasteiger partial charge in [0.25, 0.3) is 0 Å². The van der Waals surface area contributed by atoms with Gasteiger partial charge in [-0.15, -0.1) is 11.3 Å². The Hall–Kier alpha value is -4.34. The van der Waals surface area contributed by atoms with Crippen molar-refractivity contribution in [3.63, 3.8) is 0 Å². The Morgan fingerprint density at radius 2 is 1.92 bits per heavy atom.